The van der Waals surface area contributed by atoms with Crippen LogP contribution in [0.3, 0.4) is 0 Å². The molecule has 3 N–H and O–H groups in total. The number of hydrogen-bond acceptors (Lipinski definition) is 3. The fourth-order valence-corrected chi connectivity index (χ4v) is 2.32. The van der Waals surface area contributed by atoms with E-state index in [1.165, 1.54) is 0 Å². The summed E-state index contributed by atoms with van der Waals surface area (Å²) in [7, 11) is 0. The van der Waals surface area contributed by atoms with Gasteiger partial charge in [0, 0.05) is 6.42 Å². The van der Waals surface area contributed by atoms with Gasteiger partial charge in [0.2, 0.25) is 11.8 Å². The lowest BCUT2D eigenvalue weighted by molar-refractivity contribution is -0.137. The Labute approximate surface area is 118 Å². The zero-order valence-corrected chi connectivity index (χ0v) is 11.7. The Morgan fingerprint density at radius 3 is 2.20 bits per heavy atom. The molecule has 5 heteroatoms. The molecule has 0 saturated carbocycles. The molecule has 1 fully saturated rings. The van der Waals surface area contributed by atoms with Crippen LogP contribution < -0.4 is 10.6 Å². The minimum atomic E-state index is -0.546. The summed E-state index contributed by atoms with van der Waals surface area (Å²) in [6.07, 6.45) is 1.07. The second kappa shape index (κ2) is 5.94. The number of carbonyl (C=O) groups excluding carboxylic acids is 2. The first kappa shape index (κ1) is 14.4. The second-order valence-corrected chi connectivity index (χ2v) is 5.62. The van der Waals surface area contributed by atoms with E-state index in [1.807, 2.05) is 13.8 Å². The summed E-state index contributed by atoms with van der Waals surface area (Å²) in [5.41, 5.74) is 0.894. The lowest BCUT2D eigenvalue weighted by atomic mass is 9.97. The lowest BCUT2D eigenvalue weighted by Crippen LogP contribution is -2.62. The third-order valence-corrected chi connectivity index (χ3v) is 3.35. The molecule has 5 nitrogen and oxygen atoms in total. The predicted octanol–water partition coefficient (Wildman–Crippen LogP) is 0.964. The highest BCUT2D eigenvalue weighted by Gasteiger charge is 2.33. The number of hydrogen-bond donors (Lipinski definition) is 3. The summed E-state index contributed by atoms with van der Waals surface area (Å²) >= 11 is 0. The van der Waals surface area contributed by atoms with Crippen LogP contribution in [0.25, 0.3) is 0 Å². The molecule has 0 bridgehead atoms. The Kier molecular flexibility index (Phi) is 4.27. The molecule has 2 rings (SSSR count). The minimum absolute atomic E-state index is 0.123. The van der Waals surface area contributed by atoms with Gasteiger partial charge in [-0.25, -0.2) is 0 Å². The highest BCUT2D eigenvalue weighted by Crippen LogP contribution is 2.14. The van der Waals surface area contributed by atoms with Gasteiger partial charge in [0.1, 0.15) is 17.8 Å². The molecule has 1 aromatic rings. The molecule has 1 saturated heterocycles. The van der Waals surface area contributed by atoms with Crippen molar-refractivity contribution in [2.75, 3.05) is 0 Å². The van der Waals surface area contributed by atoms with Crippen LogP contribution in [0, 0.1) is 5.92 Å². The molecule has 2 atom stereocenters. The van der Waals surface area contributed by atoms with Crippen molar-refractivity contribution in [1.82, 2.24) is 10.6 Å². The molecular formula is C15H20N2O3. The fraction of sp³-hybridized carbons (Fsp3) is 0.467. The molecule has 2 amide bonds. The van der Waals surface area contributed by atoms with Crippen LogP contribution >= 0.6 is 0 Å². The van der Waals surface area contributed by atoms with Crippen LogP contribution in [0.5, 0.6) is 5.75 Å². The molecule has 1 aliphatic rings. The number of phenols is 1. The summed E-state index contributed by atoms with van der Waals surface area (Å²) in [5, 5.41) is 14.8. The summed E-state index contributed by atoms with van der Waals surface area (Å²) in [6.45, 7) is 4.03. The standard InChI is InChI=1S/C15H20N2O3/c1-9(2)7-12-14(19)17-13(15(20)16-12)8-10-3-5-11(18)6-4-10/h3-6,9,12-13,18H,7-8H2,1-2H3,(H,16,20)(H,17,19)/t12-,13-/m0/s1. The highest BCUT2D eigenvalue weighted by molar-refractivity contribution is 5.97. The van der Waals surface area contributed by atoms with Crippen molar-refractivity contribution < 1.29 is 14.7 Å². The maximum Gasteiger partial charge on any atom is 0.243 e. The quantitative estimate of drug-likeness (QED) is 0.766. The SMILES string of the molecule is CC(C)C[C@@H]1NC(=O)[C@H](Cc2ccc(O)cc2)NC1=O. The molecule has 20 heavy (non-hydrogen) atoms. The van der Waals surface area contributed by atoms with E-state index >= 15 is 0 Å². The van der Waals surface area contributed by atoms with Crippen LogP contribution in [0.4, 0.5) is 0 Å². The Bertz CT molecular complexity index is 496. The van der Waals surface area contributed by atoms with E-state index in [9.17, 15) is 14.7 Å². The summed E-state index contributed by atoms with van der Waals surface area (Å²) in [4.78, 5) is 24.0. The van der Waals surface area contributed by atoms with Crippen molar-refractivity contribution in [3.8, 4) is 5.75 Å². The zero-order valence-electron chi connectivity index (χ0n) is 11.7. The van der Waals surface area contributed by atoms with E-state index < -0.39 is 12.1 Å². The Morgan fingerprint density at radius 2 is 1.60 bits per heavy atom. The van der Waals surface area contributed by atoms with E-state index in [1.54, 1.807) is 24.3 Å². The van der Waals surface area contributed by atoms with Crippen LogP contribution in [0.1, 0.15) is 25.8 Å². The molecular weight excluding hydrogens is 256 g/mol. The first-order chi connectivity index (χ1) is 9.45. The normalized spacial score (nSPS) is 22.6. The fourth-order valence-electron chi connectivity index (χ4n) is 2.32. The Balaban J connectivity index is 1.99. The number of piperazine rings is 1. The van der Waals surface area contributed by atoms with Gasteiger partial charge in [-0.2, -0.15) is 0 Å². The molecule has 1 aromatic carbocycles. The highest BCUT2D eigenvalue weighted by atomic mass is 16.3. The number of carbonyl (C=O) groups is 2. The molecule has 0 aromatic heterocycles. The van der Waals surface area contributed by atoms with E-state index in [2.05, 4.69) is 10.6 Å². The van der Waals surface area contributed by atoms with Crippen LogP contribution in [-0.4, -0.2) is 29.0 Å². The first-order valence-electron chi connectivity index (χ1n) is 6.84. The molecule has 108 valence electrons. The largest absolute Gasteiger partial charge is 0.508 e. The van der Waals surface area contributed by atoms with Gasteiger partial charge in [0.15, 0.2) is 0 Å². The van der Waals surface area contributed by atoms with Gasteiger partial charge in [-0.15, -0.1) is 0 Å². The second-order valence-electron chi connectivity index (χ2n) is 5.62. The zero-order chi connectivity index (χ0) is 14.7. The molecule has 0 aliphatic carbocycles. The third-order valence-electron chi connectivity index (χ3n) is 3.35. The predicted molar refractivity (Wildman–Crippen MR) is 75.1 cm³/mol. The smallest absolute Gasteiger partial charge is 0.243 e. The average Bonchev–Trinajstić information content (AvgIpc) is 2.37. The number of benzene rings is 1. The van der Waals surface area contributed by atoms with E-state index in [4.69, 9.17) is 0 Å². The van der Waals surface area contributed by atoms with Crippen molar-refractivity contribution in [3.63, 3.8) is 0 Å². The van der Waals surface area contributed by atoms with Gasteiger partial charge in [0.05, 0.1) is 0 Å². The van der Waals surface area contributed by atoms with Crippen LogP contribution in [0.15, 0.2) is 24.3 Å². The maximum atomic E-state index is 12.0. The average molecular weight is 276 g/mol. The number of rotatable bonds is 4. The summed E-state index contributed by atoms with van der Waals surface area (Å²) in [5.74, 6) is 0.257. The lowest BCUT2D eigenvalue weighted by Gasteiger charge is -2.30. The van der Waals surface area contributed by atoms with Crippen LogP contribution in [0.2, 0.25) is 0 Å². The van der Waals surface area contributed by atoms with Gasteiger partial charge in [-0.1, -0.05) is 26.0 Å². The van der Waals surface area contributed by atoms with Crippen molar-refractivity contribution in [3.05, 3.63) is 29.8 Å². The summed E-state index contributed by atoms with van der Waals surface area (Å²) < 4.78 is 0. The van der Waals surface area contributed by atoms with Gasteiger partial charge < -0.3 is 15.7 Å². The molecule has 0 radical (unpaired) electrons. The third kappa shape index (κ3) is 3.50. The number of phenolic OH excluding ortho intramolecular Hbond substituents is 1. The van der Waals surface area contributed by atoms with Gasteiger partial charge in [0.25, 0.3) is 0 Å². The van der Waals surface area contributed by atoms with Crippen molar-refractivity contribution in [2.45, 2.75) is 38.8 Å². The molecule has 1 aliphatic heterocycles. The van der Waals surface area contributed by atoms with Crippen LogP contribution in [-0.2, 0) is 16.0 Å². The van der Waals surface area contributed by atoms with Gasteiger partial charge >= 0.3 is 0 Å². The van der Waals surface area contributed by atoms with Crippen molar-refractivity contribution >= 4 is 11.8 Å². The monoisotopic (exact) mass is 276 g/mol. The first-order valence-corrected chi connectivity index (χ1v) is 6.84. The van der Waals surface area contributed by atoms with E-state index in [0.717, 1.165) is 5.56 Å². The maximum absolute atomic E-state index is 12.0. The topological polar surface area (TPSA) is 78.4 Å². The Hall–Kier alpha value is -2.04. The molecule has 1 heterocycles. The van der Waals surface area contributed by atoms with Crippen molar-refractivity contribution in [2.24, 2.45) is 5.92 Å². The van der Waals surface area contributed by atoms with Crippen molar-refractivity contribution in [1.29, 1.82) is 0 Å². The van der Waals surface area contributed by atoms with Gasteiger partial charge in [-0.3, -0.25) is 9.59 Å². The minimum Gasteiger partial charge on any atom is -0.508 e. The van der Waals surface area contributed by atoms with Gasteiger partial charge in [-0.05, 0) is 30.0 Å². The van der Waals surface area contributed by atoms with E-state index in [0.29, 0.717) is 18.8 Å². The number of aromatic hydroxyl groups is 1. The molecule has 0 spiro atoms. The number of nitrogens with one attached hydrogen (secondary N) is 2. The van der Waals surface area contributed by atoms with E-state index in [-0.39, 0.29) is 17.6 Å². The summed E-state index contributed by atoms with van der Waals surface area (Å²) in [6, 6.07) is 5.65. The Morgan fingerprint density at radius 1 is 1.05 bits per heavy atom. The molecule has 0 unspecified atom stereocenters. The number of amides is 2.